The van der Waals surface area contributed by atoms with Gasteiger partial charge in [-0.2, -0.15) is 0 Å². The fraction of sp³-hybridized carbons (Fsp3) is 0.818. The minimum absolute atomic E-state index is 0.0890. The van der Waals surface area contributed by atoms with Gasteiger partial charge in [0.1, 0.15) is 12.2 Å². The van der Waals surface area contributed by atoms with Gasteiger partial charge in [-0.15, -0.1) is 0 Å². The molecule has 0 N–H and O–H groups in total. The van der Waals surface area contributed by atoms with Crippen LogP contribution in [0.5, 0.6) is 0 Å². The van der Waals surface area contributed by atoms with Crippen LogP contribution in [0.4, 0.5) is 9.59 Å². The van der Waals surface area contributed by atoms with Crippen LogP contribution in [-0.2, 0) is 14.2 Å². The van der Waals surface area contributed by atoms with Crippen molar-refractivity contribution in [3.05, 3.63) is 12.2 Å². The third kappa shape index (κ3) is 13.3. The van der Waals surface area contributed by atoms with Crippen LogP contribution in [0.25, 0.3) is 0 Å². The number of carbonyl (C=O) groups excluding carboxylic acids is 2. The van der Waals surface area contributed by atoms with E-state index in [0.717, 1.165) is 6.42 Å². The zero-order chi connectivity index (χ0) is 22.5. The molecule has 0 radical (unpaired) electrons. The third-order valence-corrected chi connectivity index (χ3v) is 5.35. The van der Waals surface area contributed by atoms with Gasteiger partial charge in [0.05, 0.1) is 11.7 Å². The minimum Gasteiger partial charge on any atom is -0.450 e. The Morgan fingerprint density at radius 1 is 0.759 bits per heavy atom. The first kappa shape index (κ1) is 26.4. The van der Waals surface area contributed by atoms with E-state index in [1.807, 2.05) is 74.5 Å². The number of ether oxygens (including phenoxy) is 3. The summed E-state index contributed by atoms with van der Waals surface area (Å²) >= 11 is 2.35. The highest BCUT2D eigenvalue weighted by Crippen LogP contribution is 2.30. The molecule has 0 amide bonds. The largest absolute Gasteiger partial charge is 0.450 e. The van der Waals surface area contributed by atoms with Crippen molar-refractivity contribution in [3.8, 4) is 0 Å². The van der Waals surface area contributed by atoms with Gasteiger partial charge in [-0.1, -0.05) is 41.5 Å². The Labute approximate surface area is 185 Å². The summed E-state index contributed by atoms with van der Waals surface area (Å²) in [6.07, 6.45) is 4.79. The van der Waals surface area contributed by atoms with Crippen LogP contribution in [0.3, 0.4) is 0 Å². The molecule has 0 aromatic heterocycles. The van der Waals surface area contributed by atoms with Crippen molar-refractivity contribution in [2.75, 3.05) is 0 Å². The Balaban J connectivity index is 2.88. The molecule has 1 aliphatic rings. The lowest BCUT2D eigenvalue weighted by Gasteiger charge is -2.32. The molecule has 1 aliphatic carbocycles. The van der Waals surface area contributed by atoms with Crippen molar-refractivity contribution in [2.24, 2.45) is 0 Å². The van der Waals surface area contributed by atoms with Crippen molar-refractivity contribution in [3.63, 3.8) is 0 Å². The molecule has 0 aliphatic heterocycles. The molecule has 29 heavy (non-hydrogen) atoms. The van der Waals surface area contributed by atoms with E-state index >= 15 is 0 Å². The van der Waals surface area contributed by atoms with Crippen molar-refractivity contribution >= 4 is 34.1 Å². The quantitative estimate of drug-likeness (QED) is 0.342. The Morgan fingerprint density at radius 3 is 1.66 bits per heavy atom. The zero-order valence-electron chi connectivity index (χ0n) is 19.4. The highest BCUT2D eigenvalue weighted by Gasteiger charge is 2.29. The topological polar surface area (TPSA) is 61.8 Å². The van der Waals surface area contributed by atoms with Crippen LogP contribution >= 0.6 is 23.5 Å². The zero-order valence-corrected chi connectivity index (χ0v) is 21.0. The number of rotatable bonds is 3. The van der Waals surface area contributed by atoms with E-state index in [0.29, 0.717) is 12.8 Å². The van der Waals surface area contributed by atoms with Gasteiger partial charge in [-0.25, -0.2) is 9.59 Å². The smallest absolute Gasteiger partial charge is 0.368 e. The summed E-state index contributed by atoms with van der Waals surface area (Å²) in [6, 6.07) is 0. The second kappa shape index (κ2) is 10.6. The molecular formula is C22H38O5S2. The fourth-order valence-electron chi connectivity index (χ4n) is 2.74. The number of thioether (sulfide) groups is 2. The van der Waals surface area contributed by atoms with Gasteiger partial charge in [0.2, 0.25) is 0 Å². The molecule has 0 saturated carbocycles. The van der Waals surface area contributed by atoms with E-state index < -0.39 is 6.10 Å². The van der Waals surface area contributed by atoms with E-state index in [1.165, 1.54) is 23.5 Å². The van der Waals surface area contributed by atoms with Gasteiger partial charge in [-0.3, -0.25) is 0 Å². The summed E-state index contributed by atoms with van der Waals surface area (Å²) < 4.78 is 17.1. The molecule has 7 heteroatoms. The lowest BCUT2D eigenvalue weighted by atomic mass is 9.98. The standard InChI is InChI=1S/C22H38O5S2/c1-20(2,3)27-17-13-11-15(25-18(23)28-21(4,5)6)10-12-16(14-17)26-19(24)29-22(7,8)9/h10,12,15-17H,11,13-14H2,1-9H3/b12-10+. The van der Waals surface area contributed by atoms with Crippen molar-refractivity contribution in [1.29, 1.82) is 0 Å². The first-order chi connectivity index (χ1) is 13.0. The normalized spacial score (nSPS) is 24.9. The summed E-state index contributed by atoms with van der Waals surface area (Å²) in [5, 5.41) is -0.600. The van der Waals surface area contributed by atoms with E-state index in [9.17, 15) is 9.59 Å². The average molecular weight is 447 g/mol. The maximum Gasteiger partial charge on any atom is 0.368 e. The second-order valence-electron chi connectivity index (χ2n) is 10.3. The third-order valence-electron chi connectivity index (χ3n) is 3.60. The summed E-state index contributed by atoms with van der Waals surface area (Å²) in [5.74, 6) is 0. The highest BCUT2D eigenvalue weighted by atomic mass is 32.2. The summed E-state index contributed by atoms with van der Waals surface area (Å²) in [6.45, 7) is 17.9. The maximum absolute atomic E-state index is 12.3. The lowest BCUT2D eigenvalue weighted by molar-refractivity contribution is -0.0796. The first-order valence-corrected chi connectivity index (χ1v) is 11.8. The Hall–Kier alpha value is -0.660. The number of hydrogen-bond donors (Lipinski definition) is 0. The van der Waals surface area contributed by atoms with Gasteiger partial charge >= 0.3 is 10.6 Å². The molecule has 0 bridgehead atoms. The molecule has 0 fully saturated rings. The van der Waals surface area contributed by atoms with Gasteiger partial charge in [0.25, 0.3) is 0 Å². The Kier molecular flexibility index (Phi) is 9.62. The van der Waals surface area contributed by atoms with E-state index in [4.69, 9.17) is 14.2 Å². The maximum atomic E-state index is 12.3. The summed E-state index contributed by atoms with van der Waals surface area (Å²) in [7, 11) is 0. The molecule has 3 atom stereocenters. The molecule has 0 saturated heterocycles. The van der Waals surface area contributed by atoms with E-state index in [2.05, 4.69) is 0 Å². The van der Waals surface area contributed by atoms with Crippen LogP contribution in [0.15, 0.2) is 12.2 Å². The van der Waals surface area contributed by atoms with Gasteiger partial charge in [0, 0.05) is 15.9 Å². The molecule has 168 valence electrons. The van der Waals surface area contributed by atoms with E-state index in [1.54, 1.807) is 0 Å². The van der Waals surface area contributed by atoms with Crippen LogP contribution in [0.1, 0.15) is 81.6 Å². The molecule has 0 spiro atoms. The van der Waals surface area contributed by atoms with Crippen molar-refractivity contribution in [1.82, 2.24) is 0 Å². The summed E-state index contributed by atoms with van der Waals surface area (Å²) in [5.41, 5.74) is -0.309. The molecule has 3 unspecified atom stereocenters. The SMILES string of the molecule is CC(C)(C)OC1CCC(OC(=O)SC(C)(C)C)/C=C/C(OC(=O)SC(C)(C)C)C1. The molecule has 0 aromatic carbocycles. The van der Waals surface area contributed by atoms with Crippen LogP contribution < -0.4 is 0 Å². The lowest BCUT2D eigenvalue weighted by Crippen LogP contribution is -2.33. The van der Waals surface area contributed by atoms with Crippen LogP contribution in [0.2, 0.25) is 0 Å². The van der Waals surface area contributed by atoms with E-state index in [-0.39, 0.29) is 37.9 Å². The Bertz CT molecular complexity index is 581. The van der Waals surface area contributed by atoms with Crippen LogP contribution in [0, 0.1) is 0 Å². The molecule has 5 nitrogen and oxygen atoms in total. The Morgan fingerprint density at radius 2 is 1.21 bits per heavy atom. The molecule has 0 aromatic rings. The minimum atomic E-state index is -0.415. The fourth-order valence-corrected chi connectivity index (χ4v) is 4.08. The monoisotopic (exact) mass is 446 g/mol. The summed E-state index contributed by atoms with van der Waals surface area (Å²) in [4.78, 5) is 24.5. The molecule has 1 rings (SSSR count). The van der Waals surface area contributed by atoms with Gasteiger partial charge in [0.15, 0.2) is 0 Å². The van der Waals surface area contributed by atoms with Crippen LogP contribution in [-0.4, -0.2) is 44.0 Å². The predicted molar refractivity (Wildman–Crippen MR) is 123 cm³/mol. The average Bonchev–Trinajstić information content (AvgIpc) is 2.42. The number of carbonyl (C=O) groups is 2. The van der Waals surface area contributed by atoms with Crippen molar-refractivity contribution in [2.45, 2.75) is 115 Å². The highest BCUT2D eigenvalue weighted by molar-refractivity contribution is 8.14. The first-order valence-electron chi connectivity index (χ1n) is 10.2. The number of hydrogen-bond acceptors (Lipinski definition) is 7. The second-order valence-corrected chi connectivity index (χ2v) is 13.8. The predicted octanol–water partition coefficient (Wildman–Crippen LogP) is 6.98. The van der Waals surface area contributed by atoms with Gasteiger partial charge < -0.3 is 14.2 Å². The molecular weight excluding hydrogens is 408 g/mol. The molecule has 0 heterocycles. The van der Waals surface area contributed by atoms with Gasteiger partial charge in [-0.05, 0) is 69.3 Å². The van der Waals surface area contributed by atoms with Crippen molar-refractivity contribution < 1.29 is 23.8 Å².